The molecule has 0 amide bonds. The molecule has 2 atom stereocenters. The van der Waals surface area contributed by atoms with Crippen LogP contribution in [0, 0.1) is 5.41 Å². The van der Waals surface area contributed by atoms with Crippen molar-refractivity contribution in [3.05, 3.63) is 0 Å². The van der Waals surface area contributed by atoms with Gasteiger partial charge in [0.15, 0.2) is 0 Å². The van der Waals surface area contributed by atoms with E-state index in [4.69, 9.17) is 0 Å². The highest BCUT2D eigenvalue weighted by Gasteiger charge is 2.22. The molecule has 0 aliphatic heterocycles. The Morgan fingerprint density at radius 2 is 1.85 bits per heavy atom. The van der Waals surface area contributed by atoms with Crippen LogP contribution in [0.5, 0.6) is 0 Å². The van der Waals surface area contributed by atoms with E-state index in [-0.39, 0.29) is 11.5 Å². The summed E-state index contributed by atoms with van der Waals surface area (Å²) in [4.78, 5) is 0. The fourth-order valence-electron chi connectivity index (χ4n) is 0.995. The van der Waals surface area contributed by atoms with E-state index in [1.807, 2.05) is 11.8 Å². The van der Waals surface area contributed by atoms with Gasteiger partial charge in [0.1, 0.15) is 0 Å². The second-order valence-electron chi connectivity index (χ2n) is 4.81. The number of hydrogen-bond acceptors (Lipinski definition) is 2. The third kappa shape index (κ3) is 6.39. The van der Waals surface area contributed by atoms with Gasteiger partial charge < -0.3 is 5.11 Å². The average molecular weight is 204 g/mol. The van der Waals surface area contributed by atoms with Crippen molar-refractivity contribution in [3.63, 3.8) is 0 Å². The number of rotatable bonds is 5. The van der Waals surface area contributed by atoms with E-state index in [2.05, 4.69) is 34.6 Å². The molecule has 0 radical (unpaired) electrons. The third-order valence-corrected chi connectivity index (χ3v) is 3.55. The van der Waals surface area contributed by atoms with Crippen LogP contribution in [0.2, 0.25) is 0 Å². The summed E-state index contributed by atoms with van der Waals surface area (Å²) in [5.74, 6) is 0.866. The maximum absolute atomic E-state index is 9.78. The van der Waals surface area contributed by atoms with E-state index in [0.29, 0.717) is 5.25 Å². The predicted octanol–water partition coefficient (Wildman–Crippen LogP) is 3.32. The molecule has 0 saturated carbocycles. The van der Waals surface area contributed by atoms with Crippen molar-refractivity contribution in [2.75, 3.05) is 5.75 Å². The van der Waals surface area contributed by atoms with Gasteiger partial charge in [-0.2, -0.15) is 11.8 Å². The summed E-state index contributed by atoms with van der Waals surface area (Å²) in [5, 5.41) is 10.5. The molecular formula is C11H24OS. The molecule has 2 heteroatoms. The molecule has 0 saturated heterocycles. The van der Waals surface area contributed by atoms with Crippen LogP contribution in [0.4, 0.5) is 0 Å². The fraction of sp³-hybridized carbons (Fsp3) is 1.00. The van der Waals surface area contributed by atoms with E-state index >= 15 is 0 Å². The summed E-state index contributed by atoms with van der Waals surface area (Å²) >= 11 is 1.89. The van der Waals surface area contributed by atoms with Gasteiger partial charge in [0.2, 0.25) is 0 Å². The van der Waals surface area contributed by atoms with Crippen molar-refractivity contribution in [2.24, 2.45) is 5.41 Å². The largest absolute Gasteiger partial charge is 0.392 e. The Morgan fingerprint density at radius 1 is 1.31 bits per heavy atom. The molecule has 0 aliphatic carbocycles. The molecule has 0 aromatic carbocycles. The van der Waals surface area contributed by atoms with Crippen LogP contribution < -0.4 is 0 Å². The lowest BCUT2D eigenvalue weighted by Crippen LogP contribution is -2.28. The summed E-state index contributed by atoms with van der Waals surface area (Å²) in [7, 11) is 0. The van der Waals surface area contributed by atoms with Gasteiger partial charge in [-0.3, -0.25) is 0 Å². The molecule has 0 fully saturated rings. The van der Waals surface area contributed by atoms with E-state index in [1.165, 1.54) is 12.8 Å². The first-order valence-electron chi connectivity index (χ1n) is 5.17. The molecule has 0 aliphatic rings. The van der Waals surface area contributed by atoms with Crippen LogP contribution in [-0.2, 0) is 0 Å². The maximum atomic E-state index is 9.78. The minimum atomic E-state index is -0.184. The Kier molecular flexibility index (Phi) is 6.06. The lowest BCUT2D eigenvalue weighted by Gasteiger charge is -2.26. The van der Waals surface area contributed by atoms with Gasteiger partial charge in [0.25, 0.3) is 0 Å². The van der Waals surface area contributed by atoms with Crippen LogP contribution in [0.25, 0.3) is 0 Å². The zero-order valence-corrected chi connectivity index (χ0v) is 10.4. The number of aliphatic hydroxyl groups excluding tert-OH is 1. The number of aliphatic hydroxyl groups is 1. The highest BCUT2D eigenvalue weighted by atomic mass is 32.2. The lowest BCUT2D eigenvalue weighted by molar-refractivity contribution is 0.0842. The Bertz CT molecular complexity index is 129. The monoisotopic (exact) mass is 204 g/mol. The summed E-state index contributed by atoms with van der Waals surface area (Å²) in [6.07, 6.45) is 2.30. The highest BCUT2D eigenvalue weighted by molar-refractivity contribution is 7.99. The topological polar surface area (TPSA) is 20.2 Å². The molecule has 13 heavy (non-hydrogen) atoms. The van der Waals surface area contributed by atoms with Crippen molar-refractivity contribution in [2.45, 2.75) is 58.8 Å². The van der Waals surface area contributed by atoms with Gasteiger partial charge in [-0.15, -0.1) is 0 Å². The van der Waals surface area contributed by atoms with E-state index in [0.717, 1.165) is 5.75 Å². The Hall–Kier alpha value is 0.310. The van der Waals surface area contributed by atoms with Crippen LogP contribution in [0.3, 0.4) is 0 Å². The molecule has 0 bridgehead atoms. The van der Waals surface area contributed by atoms with Gasteiger partial charge >= 0.3 is 0 Å². The normalized spacial score (nSPS) is 17.1. The van der Waals surface area contributed by atoms with Crippen molar-refractivity contribution < 1.29 is 5.11 Å². The van der Waals surface area contributed by atoms with E-state index < -0.39 is 0 Å². The summed E-state index contributed by atoms with van der Waals surface area (Å²) in [6.45, 7) is 10.7. The molecule has 1 nitrogen and oxygen atoms in total. The first-order valence-corrected chi connectivity index (χ1v) is 6.22. The molecule has 0 rings (SSSR count). The van der Waals surface area contributed by atoms with Crippen LogP contribution in [0.15, 0.2) is 0 Å². The van der Waals surface area contributed by atoms with Gasteiger partial charge in [-0.1, -0.05) is 41.0 Å². The Morgan fingerprint density at radius 3 is 2.23 bits per heavy atom. The van der Waals surface area contributed by atoms with Crippen LogP contribution in [0.1, 0.15) is 47.5 Å². The zero-order valence-electron chi connectivity index (χ0n) is 9.63. The fourth-order valence-corrected chi connectivity index (χ4v) is 2.41. The Labute approximate surface area is 87.3 Å². The predicted molar refractivity (Wildman–Crippen MR) is 62.3 cm³/mol. The molecule has 0 spiro atoms. The van der Waals surface area contributed by atoms with Crippen LogP contribution >= 0.6 is 11.8 Å². The SMILES string of the molecule is CCCC(C)SCC(O)C(C)(C)C. The van der Waals surface area contributed by atoms with E-state index in [9.17, 15) is 5.11 Å². The molecule has 0 aromatic rings. The second kappa shape index (κ2) is 5.92. The lowest BCUT2D eigenvalue weighted by atomic mass is 9.90. The zero-order chi connectivity index (χ0) is 10.5. The minimum absolute atomic E-state index is 0.0267. The summed E-state index contributed by atoms with van der Waals surface area (Å²) in [5.41, 5.74) is 0.0267. The quantitative estimate of drug-likeness (QED) is 0.741. The maximum Gasteiger partial charge on any atom is 0.0678 e. The smallest absolute Gasteiger partial charge is 0.0678 e. The van der Waals surface area contributed by atoms with Gasteiger partial charge in [-0.05, 0) is 11.8 Å². The second-order valence-corrected chi connectivity index (χ2v) is 6.29. The molecule has 0 aromatic heterocycles. The van der Waals surface area contributed by atoms with Gasteiger partial charge in [0, 0.05) is 11.0 Å². The molecule has 1 N–H and O–H groups in total. The third-order valence-electron chi connectivity index (χ3n) is 2.23. The molecule has 2 unspecified atom stereocenters. The number of hydrogen-bond donors (Lipinski definition) is 1. The van der Waals surface area contributed by atoms with Crippen molar-refractivity contribution in [3.8, 4) is 0 Å². The molecular weight excluding hydrogens is 180 g/mol. The summed E-state index contributed by atoms with van der Waals surface area (Å²) < 4.78 is 0. The minimum Gasteiger partial charge on any atom is -0.392 e. The van der Waals surface area contributed by atoms with Crippen molar-refractivity contribution in [1.29, 1.82) is 0 Å². The molecule has 80 valence electrons. The van der Waals surface area contributed by atoms with Crippen molar-refractivity contribution >= 4 is 11.8 Å². The first kappa shape index (κ1) is 13.3. The van der Waals surface area contributed by atoms with Gasteiger partial charge in [0.05, 0.1) is 6.10 Å². The average Bonchev–Trinajstić information content (AvgIpc) is 1.99. The number of thioether (sulfide) groups is 1. The van der Waals surface area contributed by atoms with Crippen molar-refractivity contribution in [1.82, 2.24) is 0 Å². The van der Waals surface area contributed by atoms with Crippen LogP contribution in [-0.4, -0.2) is 22.2 Å². The first-order chi connectivity index (χ1) is 5.88. The van der Waals surface area contributed by atoms with Gasteiger partial charge in [-0.25, -0.2) is 0 Å². The summed E-state index contributed by atoms with van der Waals surface area (Å²) in [6, 6.07) is 0. The van der Waals surface area contributed by atoms with E-state index in [1.54, 1.807) is 0 Å². The standard InChI is InChI=1S/C11H24OS/c1-6-7-9(2)13-8-10(12)11(3,4)5/h9-10,12H,6-8H2,1-5H3. The Balaban J connectivity index is 3.63. The molecule has 0 heterocycles. The highest BCUT2D eigenvalue weighted by Crippen LogP contribution is 2.25.